The molecule has 2 rings (SSSR count). The fourth-order valence-electron chi connectivity index (χ4n) is 1.46. The maximum Gasteiger partial charge on any atom is 0.0479 e. The molecule has 0 radical (unpaired) electrons. The van der Waals surface area contributed by atoms with E-state index in [-0.39, 0.29) is 0 Å². The Balaban J connectivity index is 2.35. The number of hydrogen-bond acceptors (Lipinski definition) is 0. The maximum absolute atomic E-state index is 6.09. The number of halogens is 4. The van der Waals surface area contributed by atoms with Crippen LogP contribution < -0.4 is 0 Å². The Bertz CT molecular complexity index is 552. The van der Waals surface area contributed by atoms with Gasteiger partial charge in [-0.1, -0.05) is 62.9 Å². The second-order valence-electron chi connectivity index (χ2n) is 3.67. The fourth-order valence-corrected chi connectivity index (χ4v) is 2.38. The highest BCUT2D eigenvalue weighted by atomic mass is 79.9. The molecule has 0 N–H and O–H groups in total. The van der Waals surface area contributed by atoms with Crippen LogP contribution in [0.15, 0.2) is 40.9 Å². The predicted octanol–water partition coefficient (Wildman–Crippen LogP) is 6.58. The molecule has 0 nitrogen and oxygen atoms in total. The van der Waals surface area contributed by atoms with Crippen LogP contribution in [-0.4, -0.2) is 0 Å². The van der Waals surface area contributed by atoms with Gasteiger partial charge in [-0.3, -0.25) is 0 Å². The molecule has 0 spiro atoms. The average molecular weight is 362 g/mol. The summed E-state index contributed by atoms with van der Waals surface area (Å²) in [5.74, 6) is 0. The summed E-state index contributed by atoms with van der Waals surface area (Å²) in [5, 5.41) is 2.01. The second kappa shape index (κ2) is 6.12. The van der Waals surface area contributed by atoms with Gasteiger partial charge in [0.05, 0.1) is 0 Å². The topological polar surface area (TPSA) is 0 Å². The summed E-state index contributed by atoms with van der Waals surface area (Å²) in [5.41, 5.74) is 1.86. The van der Waals surface area contributed by atoms with Crippen LogP contribution in [0.3, 0.4) is 0 Å². The van der Waals surface area contributed by atoms with Gasteiger partial charge in [0.2, 0.25) is 0 Å². The third kappa shape index (κ3) is 3.52. The van der Waals surface area contributed by atoms with Crippen molar-refractivity contribution in [3.05, 3.63) is 67.1 Å². The quantitative estimate of drug-likeness (QED) is 0.529. The summed E-state index contributed by atoms with van der Waals surface area (Å²) in [7, 11) is 0. The summed E-state index contributed by atoms with van der Waals surface area (Å²) in [4.78, 5) is 0. The molecular formula is C14H8BrCl3. The minimum absolute atomic E-state index is 0.657. The van der Waals surface area contributed by atoms with Crippen LogP contribution in [0.2, 0.25) is 15.1 Å². The van der Waals surface area contributed by atoms with Gasteiger partial charge in [-0.05, 0) is 47.5 Å². The van der Waals surface area contributed by atoms with Gasteiger partial charge >= 0.3 is 0 Å². The molecule has 2 aromatic carbocycles. The largest absolute Gasteiger partial charge is 0.0843 e. The Hall–Kier alpha value is -0.470. The average Bonchev–Trinajstić information content (AvgIpc) is 2.34. The first-order chi connectivity index (χ1) is 8.56. The lowest BCUT2D eigenvalue weighted by Crippen LogP contribution is -1.78. The number of rotatable bonds is 2. The molecule has 0 saturated carbocycles. The highest BCUT2D eigenvalue weighted by Crippen LogP contribution is 2.26. The molecule has 92 valence electrons. The van der Waals surface area contributed by atoms with Gasteiger partial charge in [0.25, 0.3) is 0 Å². The zero-order chi connectivity index (χ0) is 13.1. The van der Waals surface area contributed by atoms with Crippen LogP contribution >= 0.6 is 50.7 Å². The first-order valence-electron chi connectivity index (χ1n) is 5.14. The van der Waals surface area contributed by atoms with Gasteiger partial charge in [-0.25, -0.2) is 0 Å². The smallest absolute Gasteiger partial charge is 0.0479 e. The zero-order valence-corrected chi connectivity index (χ0v) is 13.0. The maximum atomic E-state index is 6.09. The normalized spacial score (nSPS) is 11.1. The molecule has 18 heavy (non-hydrogen) atoms. The second-order valence-corrected chi connectivity index (χ2v) is 5.80. The fraction of sp³-hybridized carbons (Fsp3) is 0. The van der Waals surface area contributed by atoms with Crippen molar-refractivity contribution in [1.29, 1.82) is 0 Å². The van der Waals surface area contributed by atoms with Crippen LogP contribution in [0.4, 0.5) is 0 Å². The van der Waals surface area contributed by atoms with Crippen LogP contribution in [0, 0.1) is 0 Å². The molecule has 0 atom stereocenters. The summed E-state index contributed by atoms with van der Waals surface area (Å²) < 4.78 is 0.973. The number of benzene rings is 2. The summed E-state index contributed by atoms with van der Waals surface area (Å²) in [6.07, 6.45) is 3.85. The van der Waals surface area contributed by atoms with E-state index in [1.54, 1.807) is 12.1 Å². The van der Waals surface area contributed by atoms with Crippen molar-refractivity contribution in [2.75, 3.05) is 0 Å². The van der Waals surface area contributed by atoms with Gasteiger partial charge in [-0.15, -0.1) is 0 Å². The van der Waals surface area contributed by atoms with Crippen molar-refractivity contribution in [3.8, 4) is 0 Å². The van der Waals surface area contributed by atoms with E-state index >= 15 is 0 Å². The van der Waals surface area contributed by atoms with Crippen molar-refractivity contribution in [2.45, 2.75) is 0 Å². The van der Waals surface area contributed by atoms with Gasteiger partial charge in [0.15, 0.2) is 0 Å². The lowest BCUT2D eigenvalue weighted by Gasteiger charge is -2.01. The first kappa shape index (κ1) is 14.0. The molecule has 0 aliphatic carbocycles. The van der Waals surface area contributed by atoms with E-state index in [1.165, 1.54) is 0 Å². The summed E-state index contributed by atoms with van der Waals surface area (Å²) >= 11 is 21.4. The monoisotopic (exact) mass is 360 g/mol. The molecular weight excluding hydrogens is 354 g/mol. The van der Waals surface area contributed by atoms with Gasteiger partial charge in [0.1, 0.15) is 0 Å². The SMILES string of the molecule is Clc1ccc(Cl)c(/C=C\c2cc(Cl)ccc2Br)c1. The molecule has 0 aliphatic heterocycles. The van der Waals surface area contributed by atoms with Crippen molar-refractivity contribution >= 4 is 62.9 Å². The molecule has 0 fully saturated rings. The van der Waals surface area contributed by atoms with Crippen molar-refractivity contribution in [2.24, 2.45) is 0 Å². The molecule has 2 aromatic rings. The van der Waals surface area contributed by atoms with Crippen molar-refractivity contribution in [3.63, 3.8) is 0 Å². The minimum Gasteiger partial charge on any atom is -0.0843 e. The minimum atomic E-state index is 0.657. The Kier molecular flexibility index (Phi) is 4.74. The van der Waals surface area contributed by atoms with E-state index in [2.05, 4.69) is 15.9 Å². The molecule has 0 aromatic heterocycles. The van der Waals surface area contributed by atoms with E-state index in [1.807, 2.05) is 36.4 Å². The summed E-state index contributed by atoms with van der Waals surface area (Å²) in [6, 6.07) is 11.0. The Morgan fingerprint density at radius 1 is 0.778 bits per heavy atom. The van der Waals surface area contributed by atoms with Crippen molar-refractivity contribution < 1.29 is 0 Å². The first-order valence-corrected chi connectivity index (χ1v) is 7.07. The predicted molar refractivity (Wildman–Crippen MR) is 84.5 cm³/mol. The molecule has 4 heteroatoms. The zero-order valence-electron chi connectivity index (χ0n) is 9.13. The Morgan fingerprint density at radius 3 is 2.06 bits per heavy atom. The van der Waals surface area contributed by atoms with E-state index in [9.17, 15) is 0 Å². The van der Waals surface area contributed by atoms with Crippen molar-refractivity contribution in [1.82, 2.24) is 0 Å². The Labute approximate surface area is 129 Å². The molecule has 0 aliphatic rings. The molecule has 0 heterocycles. The van der Waals surface area contributed by atoms with E-state index < -0.39 is 0 Å². The molecule has 0 amide bonds. The Morgan fingerprint density at radius 2 is 1.33 bits per heavy atom. The molecule has 0 bridgehead atoms. The number of hydrogen-bond donors (Lipinski definition) is 0. The summed E-state index contributed by atoms with van der Waals surface area (Å²) in [6.45, 7) is 0. The van der Waals surface area contributed by atoms with Crippen LogP contribution in [-0.2, 0) is 0 Å². The van der Waals surface area contributed by atoms with Crippen LogP contribution in [0.1, 0.15) is 11.1 Å². The van der Waals surface area contributed by atoms with Crippen LogP contribution in [0.25, 0.3) is 12.2 Å². The van der Waals surface area contributed by atoms with Gasteiger partial charge in [-0.2, -0.15) is 0 Å². The molecule has 0 unspecified atom stereocenters. The highest BCUT2D eigenvalue weighted by molar-refractivity contribution is 9.10. The van der Waals surface area contributed by atoms with Crippen LogP contribution in [0.5, 0.6) is 0 Å². The van der Waals surface area contributed by atoms with E-state index in [0.29, 0.717) is 15.1 Å². The highest BCUT2D eigenvalue weighted by Gasteiger charge is 2.00. The lowest BCUT2D eigenvalue weighted by atomic mass is 10.1. The van der Waals surface area contributed by atoms with Gasteiger partial charge < -0.3 is 0 Å². The standard InChI is InChI=1S/C14H8BrCl3/c15-13-5-3-11(16)7-9(13)1-2-10-8-12(17)4-6-14(10)18/h1-8H/b2-1-. The van der Waals surface area contributed by atoms with Gasteiger partial charge in [0, 0.05) is 19.5 Å². The van der Waals surface area contributed by atoms with E-state index in [0.717, 1.165) is 15.6 Å². The third-order valence-electron chi connectivity index (χ3n) is 2.36. The van der Waals surface area contributed by atoms with E-state index in [4.69, 9.17) is 34.8 Å². The lowest BCUT2D eigenvalue weighted by molar-refractivity contribution is 1.60. The molecule has 0 saturated heterocycles. The third-order valence-corrected chi connectivity index (χ3v) is 3.90.